The molecular formula is C21H17F2N5O2. The number of rotatable bonds is 4. The molecule has 0 unspecified atom stereocenters. The Hall–Kier alpha value is -3.67. The summed E-state index contributed by atoms with van der Waals surface area (Å²) in [5.41, 5.74) is -0.417. The van der Waals surface area contributed by atoms with Gasteiger partial charge in [-0.25, -0.2) is 8.78 Å². The number of benzene rings is 1. The summed E-state index contributed by atoms with van der Waals surface area (Å²) in [7, 11) is 0. The number of nitriles is 1. The van der Waals surface area contributed by atoms with Gasteiger partial charge in [0.05, 0.1) is 22.7 Å². The Kier molecular flexibility index (Phi) is 4.57. The van der Waals surface area contributed by atoms with Crippen LogP contribution in [0, 0.1) is 29.9 Å². The summed E-state index contributed by atoms with van der Waals surface area (Å²) < 4.78 is 28.2. The van der Waals surface area contributed by atoms with Crippen LogP contribution in [0.1, 0.15) is 48.3 Å². The minimum absolute atomic E-state index is 0.0327. The van der Waals surface area contributed by atoms with Gasteiger partial charge in [-0.05, 0) is 56.5 Å². The highest BCUT2D eigenvalue weighted by Gasteiger charge is 2.54. The van der Waals surface area contributed by atoms with Gasteiger partial charge < -0.3 is 10.3 Å². The van der Waals surface area contributed by atoms with E-state index >= 15 is 0 Å². The molecule has 30 heavy (non-hydrogen) atoms. The van der Waals surface area contributed by atoms with E-state index in [0.717, 1.165) is 6.07 Å². The first-order valence-electron chi connectivity index (χ1n) is 9.34. The molecule has 1 fully saturated rings. The number of nitrogens with zero attached hydrogens (tertiary/aromatic N) is 3. The lowest BCUT2D eigenvalue weighted by atomic mass is 9.89. The molecule has 2 aromatic heterocycles. The molecule has 0 spiro atoms. The third-order valence-electron chi connectivity index (χ3n) is 5.57. The third-order valence-corrected chi connectivity index (χ3v) is 5.57. The van der Waals surface area contributed by atoms with Gasteiger partial charge in [-0.2, -0.15) is 10.4 Å². The number of aryl methyl sites for hydroxylation is 1. The smallest absolute Gasteiger partial charge is 0.252 e. The standard InChI is InChI=1S/C21H17F2N5O2/c1-10-16-15(6-4-13(22)18(16)23)26-19(29)17(10)21(7-8-21)20(30)25-11(2)14-5-3-12(9-24)27-28-14/h3-6,11H,7-8H2,1-2H3,(H,25,30)(H,26,29)/t11-/m0/s1. The molecule has 1 saturated carbocycles. The first-order chi connectivity index (χ1) is 14.3. The molecule has 2 N–H and O–H groups in total. The first-order valence-corrected chi connectivity index (χ1v) is 9.34. The van der Waals surface area contributed by atoms with Crippen molar-refractivity contribution in [1.29, 1.82) is 5.26 Å². The molecule has 0 aliphatic heterocycles. The number of carbonyl (C=O) groups is 1. The van der Waals surface area contributed by atoms with Crippen molar-refractivity contribution in [3.8, 4) is 6.07 Å². The Labute approximate surface area is 169 Å². The quantitative estimate of drug-likeness (QED) is 0.688. The van der Waals surface area contributed by atoms with Crippen LogP contribution in [0.4, 0.5) is 8.78 Å². The van der Waals surface area contributed by atoms with Gasteiger partial charge >= 0.3 is 0 Å². The molecule has 2 heterocycles. The number of carbonyl (C=O) groups excluding carboxylic acids is 1. The Morgan fingerprint density at radius 2 is 2.00 bits per heavy atom. The summed E-state index contributed by atoms with van der Waals surface area (Å²) in [6.45, 7) is 3.23. The summed E-state index contributed by atoms with van der Waals surface area (Å²) in [4.78, 5) is 28.4. The van der Waals surface area contributed by atoms with E-state index in [1.165, 1.54) is 19.1 Å². The molecule has 1 aromatic carbocycles. The van der Waals surface area contributed by atoms with Gasteiger partial charge in [-0.15, -0.1) is 5.10 Å². The number of halogens is 2. The summed E-state index contributed by atoms with van der Waals surface area (Å²) in [6, 6.07) is 6.68. The number of amides is 1. The van der Waals surface area contributed by atoms with Gasteiger partial charge in [-0.1, -0.05) is 0 Å². The average molecular weight is 409 g/mol. The Bertz CT molecular complexity index is 1270. The van der Waals surface area contributed by atoms with E-state index in [-0.39, 0.29) is 27.7 Å². The lowest BCUT2D eigenvalue weighted by Crippen LogP contribution is -2.40. The SMILES string of the molecule is Cc1c(C2(C(=O)N[C@@H](C)c3ccc(C#N)nn3)CC2)c(=O)[nH]c2ccc(F)c(F)c12. The Balaban J connectivity index is 1.71. The Morgan fingerprint density at radius 3 is 2.60 bits per heavy atom. The van der Waals surface area contributed by atoms with Crippen LogP contribution in [0.25, 0.3) is 10.9 Å². The molecular weight excluding hydrogens is 392 g/mol. The lowest BCUT2D eigenvalue weighted by Gasteiger charge is -2.21. The van der Waals surface area contributed by atoms with Gasteiger partial charge in [0.2, 0.25) is 5.91 Å². The summed E-state index contributed by atoms with van der Waals surface area (Å²) in [5.74, 6) is -2.48. The van der Waals surface area contributed by atoms with Crippen molar-refractivity contribution in [2.75, 3.05) is 0 Å². The fourth-order valence-corrected chi connectivity index (χ4v) is 3.84. The predicted octanol–water partition coefficient (Wildman–Crippen LogP) is 2.69. The zero-order valence-corrected chi connectivity index (χ0v) is 16.2. The normalized spacial score (nSPS) is 15.4. The van der Waals surface area contributed by atoms with Crippen LogP contribution < -0.4 is 10.9 Å². The minimum atomic E-state index is -1.11. The van der Waals surface area contributed by atoms with Crippen molar-refractivity contribution in [2.45, 2.75) is 38.1 Å². The topological polar surface area (TPSA) is 112 Å². The number of hydrogen-bond donors (Lipinski definition) is 2. The van der Waals surface area contributed by atoms with Crippen molar-refractivity contribution in [3.05, 3.63) is 68.8 Å². The maximum Gasteiger partial charge on any atom is 0.252 e. The number of fused-ring (bicyclic) bond motifs is 1. The second kappa shape index (κ2) is 6.99. The predicted molar refractivity (Wildman–Crippen MR) is 103 cm³/mol. The maximum absolute atomic E-state index is 14.4. The lowest BCUT2D eigenvalue weighted by molar-refractivity contribution is -0.124. The van der Waals surface area contributed by atoms with E-state index in [9.17, 15) is 18.4 Å². The van der Waals surface area contributed by atoms with E-state index in [0.29, 0.717) is 18.5 Å². The molecule has 1 aliphatic carbocycles. The van der Waals surface area contributed by atoms with Crippen LogP contribution in [0.2, 0.25) is 0 Å². The monoisotopic (exact) mass is 409 g/mol. The van der Waals surface area contributed by atoms with E-state index in [4.69, 9.17) is 5.26 Å². The minimum Gasteiger partial charge on any atom is -0.347 e. The van der Waals surface area contributed by atoms with Crippen molar-refractivity contribution in [3.63, 3.8) is 0 Å². The van der Waals surface area contributed by atoms with E-state index < -0.39 is 34.6 Å². The van der Waals surface area contributed by atoms with Crippen molar-refractivity contribution in [1.82, 2.24) is 20.5 Å². The maximum atomic E-state index is 14.4. The van der Waals surface area contributed by atoms with Crippen LogP contribution in [-0.2, 0) is 10.2 Å². The molecule has 152 valence electrons. The van der Waals surface area contributed by atoms with Crippen LogP contribution in [-0.4, -0.2) is 21.1 Å². The number of nitrogens with one attached hydrogen (secondary N) is 2. The number of pyridine rings is 1. The molecule has 7 nitrogen and oxygen atoms in total. The van der Waals surface area contributed by atoms with Crippen LogP contribution in [0.3, 0.4) is 0 Å². The third kappa shape index (κ3) is 3.01. The molecule has 1 amide bonds. The van der Waals surface area contributed by atoms with Crippen LogP contribution in [0.15, 0.2) is 29.1 Å². The van der Waals surface area contributed by atoms with E-state index in [2.05, 4.69) is 20.5 Å². The van der Waals surface area contributed by atoms with Gasteiger partial charge in [0.1, 0.15) is 6.07 Å². The second-order valence-corrected chi connectivity index (χ2v) is 7.47. The zero-order chi connectivity index (χ0) is 21.6. The summed E-state index contributed by atoms with van der Waals surface area (Å²) in [5, 5.41) is 19.3. The Morgan fingerprint density at radius 1 is 1.27 bits per heavy atom. The molecule has 0 bridgehead atoms. The van der Waals surface area contributed by atoms with E-state index in [1.54, 1.807) is 13.0 Å². The fraction of sp³-hybridized carbons (Fsp3) is 0.286. The number of aromatic amines is 1. The summed E-state index contributed by atoms with van der Waals surface area (Å²) in [6.07, 6.45) is 0.827. The van der Waals surface area contributed by atoms with Crippen LogP contribution >= 0.6 is 0 Å². The molecule has 0 saturated heterocycles. The highest BCUT2D eigenvalue weighted by molar-refractivity contribution is 5.94. The molecule has 3 aromatic rings. The van der Waals surface area contributed by atoms with Crippen molar-refractivity contribution in [2.24, 2.45) is 0 Å². The molecule has 4 rings (SSSR count). The highest BCUT2D eigenvalue weighted by atomic mass is 19.2. The molecule has 9 heteroatoms. The molecule has 0 radical (unpaired) electrons. The van der Waals surface area contributed by atoms with Gasteiger partial charge in [0.15, 0.2) is 17.3 Å². The van der Waals surface area contributed by atoms with Gasteiger partial charge in [0, 0.05) is 10.9 Å². The van der Waals surface area contributed by atoms with Crippen molar-refractivity contribution < 1.29 is 13.6 Å². The second-order valence-electron chi connectivity index (χ2n) is 7.47. The number of H-pyrrole nitrogens is 1. The fourth-order valence-electron chi connectivity index (χ4n) is 3.84. The van der Waals surface area contributed by atoms with Gasteiger partial charge in [-0.3, -0.25) is 9.59 Å². The van der Waals surface area contributed by atoms with Crippen LogP contribution in [0.5, 0.6) is 0 Å². The number of hydrogen-bond acceptors (Lipinski definition) is 5. The zero-order valence-electron chi connectivity index (χ0n) is 16.2. The van der Waals surface area contributed by atoms with Gasteiger partial charge in [0.25, 0.3) is 5.56 Å². The average Bonchev–Trinajstić information content (AvgIpc) is 3.52. The first kappa shape index (κ1) is 19.6. The summed E-state index contributed by atoms with van der Waals surface area (Å²) >= 11 is 0. The highest BCUT2D eigenvalue weighted by Crippen LogP contribution is 2.49. The molecule has 1 aliphatic rings. The molecule has 1 atom stereocenters. The van der Waals surface area contributed by atoms with Crippen molar-refractivity contribution >= 4 is 16.8 Å². The largest absolute Gasteiger partial charge is 0.347 e. The van der Waals surface area contributed by atoms with E-state index in [1.807, 2.05) is 6.07 Å². The number of aromatic nitrogens is 3.